The second kappa shape index (κ2) is 9.33. The fraction of sp³-hybridized carbons (Fsp3) is 0.526. The van der Waals surface area contributed by atoms with Gasteiger partial charge in [-0.05, 0) is 37.1 Å². The average molecular weight is 331 g/mol. The van der Waals surface area contributed by atoms with Crippen LogP contribution in [0.1, 0.15) is 27.2 Å². The minimum atomic E-state index is 0.617. The molecule has 5 nitrogen and oxygen atoms in total. The van der Waals surface area contributed by atoms with Crippen LogP contribution in [0.25, 0.3) is 11.3 Å². The highest BCUT2D eigenvalue weighted by atomic mass is 16.5. The predicted molar refractivity (Wildman–Crippen MR) is 98.7 cm³/mol. The van der Waals surface area contributed by atoms with Crippen LogP contribution in [-0.2, 0) is 11.3 Å². The Bertz CT molecular complexity index is 608. The summed E-state index contributed by atoms with van der Waals surface area (Å²) in [4.78, 5) is 4.58. The predicted octanol–water partition coefficient (Wildman–Crippen LogP) is 4.05. The van der Waals surface area contributed by atoms with E-state index in [-0.39, 0.29) is 0 Å². The standard InChI is InChI=1S/C19H29N3O2/c1-5-15(3)13-20-19-21-14-18(22(19)11-12-23-4)16-7-9-17(10-8-16)24-6-2/h7-10,14-15H,5-6,11-13H2,1-4H3,(H,20,21)/t15-/m0/s1. The van der Waals surface area contributed by atoms with Gasteiger partial charge in [-0.1, -0.05) is 20.3 Å². The molecule has 0 aliphatic rings. The van der Waals surface area contributed by atoms with Crippen molar-refractivity contribution in [2.45, 2.75) is 33.7 Å². The second-order valence-electron chi connectivity index (χ2n) is 5.96. The smallest absolute Gasteiger partial charge is 0.203 e. The van der Waals surface area contributed by atoms with Crippen LogP contribution in [0.3, 0.4) is 0 Å². The Morgan fingerprint density at radius 3 is 2.58 bits per heavy atom. The second-order valence-corrected chi connectivity index (χ2v) is 5.96. The van der Waals surface area contributed by atoms with E-state index in [1.807, 2.05) is 25.3 Å². The monoisotopic (exact) mass is 331 g/mol. The van der Waals surface area contributed by atoms with E-state index in [0.717, 1.165) is 42.5 Å². The van der Waals surface area contributed by atoms with Gasteiger partial charge in [-0.15, -0.1) is 0 Å². The minimum absolute atomic E-state index is 0.617. The summed E-state index contributed by atoms with van der Waals surface area (Å²) in [6, 6.07) is 8.14. The maximum Gasteiger partial charge on any atom is 0.203 e. The minimum Gasteiger partial charge on any atom is -0.494 e. The molecule has 0 aliphatic heterocycles. The third-order valence-corrected chi connectivity index (χ3v) is 4.14. The lowest BCUT2D eigenvalue weighted by atomic mass is 10.1. The molecule has 0 aliphatic carbocycles. The SMILES string of the molecule is CCOc1ccc(-c2cnc(NC[C@@H](C)CC)n2CCOC)cc1. The van der Waals surface area contributed by atoms with E-state index in [2.05, 4.69) is 40.8 Å². The maximum absolute atomic E-state index is 5.52. The number of nitrogens with one attached hydrogen (secondary N) is 1. The van der Waals surface area contributed by atoms with Gasteiger partial charge >= 0.3 is 0 Å². The molecule has 1 N–H and O–H groups in total. The molecule has 1 aromatic carbocycles. The summed E-state index contributed by atoms with van der Waals surface area (Å²) >= 11 is 0. The van der Waals surface area contributed by atoms with Crippen LogP contribution in [-0.4, -0.2) is 36.4 Å². The highest BCUT2D eigenvalue weighted by Gasteiger charge is 2.12. The van der Waals surface area contributed by atoms with Crippen LogP contribution < -0.4 is 10.1 Å². The van der Waals surface area contributed by atoms with Crippen molar-refractivity contribution < 1.29 is 9.47 Å². The fourth-order valence-electron chi connectivity index (χ4n) is 2.45. The molecule has 1 atom stereocenters. The molecule has 0 spiro atoms. The lowest BCUT2D eigenvalue weighted by Crippen LogP contribution is -2.16. The molecule has 0 bridgehead atoms. The Morgan fingerprint density at radius 2 is 1.96 bits per heavy atom. The van der Waals surface area contributed by atoms with Gasteiger partial charge in [0.1, 0.15) is 5.75 Å². The largest absolute Gasteiger partial charge is 0.494 e. The van der Waals surface area contributed by atoms with Crippen molar-refractivity contribution >= 4 is 5.95 Å². The van der Waals surface area contributed by atoms with E-state index >= 15 is 0 Å². The van der Waals surface area contributed by atoms with Gasteiger partial charge in [-0.25, -0.2) is 4.98 Å². The Labute approximate surface area is 145 Å². The van der Waals surface area contributed by atoms with Crippen molar-refractivity contribution in [3.63, 3.8) is 0 Å². The number of nitrogens with zero attached hydrogens (tertiary/aromatic N) is 2. The summed E-state index contributed by atoms with van der Waals surface area (Å²) in [5.41, 5.74) is 2.21. The van der Waals surface area contributed by atoms with Gasteiger partial charge in [0.25, 0.3) is 0 Å². The fourth-order valence-corrected chi connectivity index (χ4v) is 2.45. The Balaban J connectivity index is 2.22. The average Bonchev–Trinajstić information content (AvgIpc) is 3.01. The highest BCUT2D eigenvalue weighted by Crippen LogP contribution is 2.25. The van der Waals surface area contributed by atoms with Crippen molar-refractivity contribution in [1.82, 2.24) is 9.55 Å². The van der Waals surface area contributed by atoms with Crippen LogP contribution in [0.15, 0.2) is 30.5 Å². The first-order valence-corrected chi connectivity index (χ1v) is 8.71. The third-order valence-electron chi connectivity index (χ3n) is 4.14. The zero-order valence-electron chi connectivity index (χ0n) is 15.2. The molecule has 1 aromatic heterocycles. The Morgan fingerprint density at radius 1 is 1.21 bits per heavy atom. The molecule has 1 heterocycles. The maximum atomic E-state index is 5.52. The first kappa shape index (κ1) is 18.3. The van der Waals surface area contributed by atoms with E-state index in [1.54, 1.807) is 7.11 Å². The number of anilines is 1. The van der Waals surface area contributed by atoms with Crippen molar-refractivity contribution in [2.24, 2.45) is 5.92 Å². The normalized spacial score (nSPS) is 12.2. The molecular weight excluding hydrogens is 302 g/mol. The summed E-state index contributed by atoms with van der Waals surface area (Å²) in [6.07, 6.45) is 3.07. The van der Waals surface area contributed by atoms with Crippen molar-refractivity contribution in [1.29, 1.82) is 0 Å². The highest BCUT2D eigenvalue weighted by molar-refractivity contribution is 5.62. The van der Waals surface area contributed by atoms with E-state index in [4.69, 9.17) is 9.47 Å². The lowest BCUT2D eigenvalue weighted by molar-refractivity contribution is 0.188. The summed E-state index contributed by atoms with van der Waals surface area (Å²) in [6.45, 7) is 9.44. The molecule has 0 amide bonds. The molecule has 0 unspecified atom stereocenters. The van der Waals surface area contributed by atoms with E-state index < -0.39 is 0 Å². The molecule has 24 heavy (non-hydrogen) atoms. The number of ether oxygens (including phenoxy) is 2. The summed E-state index contributed by atoms with van der Waals surface area (Å²) in [5.74, 6) is 2.40. The van der Waals surface area contributed by atoms with Crippen molar-refractivity contribution in [3.05, 3.63) is 30.5 Å². The number of hydrogen-bond acceptors (Lipinski definition) is 4. The summed E-state index contributed by atoms with van der Waals surface area (Å²) in [7, 11) is 1.72. The molecular formula is C19H29N3O2. The van der Waals surface area contributed by atoms with Crippen molar-refractivity contribution in [3.8, 4) is 17.0 Å². The number of rotatable bonds is 10. The number of benzene rings is 1. The number of aromatic nitrogens is 2. The van der Waals surface area contributed by atoms with Crippen LogP contribution in [0.2, 0.25) is 0 Å². The van der Waals surface area contributed by atoms with Gasteiger partial charge < -0.3 is 19.4 Å². The number of imidazole rings is 1. The van der Waals surface area contributed by atoms with Gasteiger partial charge in [0.2, 0.25) is 5.95 Å². The summed E-state index contributed by atoms with van der Waals surface area (Å²) in [5, 5.41) is 3.47. The molecule has 0 fully saturated rings. The molecule has 0 saturated carbocycles. The number of hydrogen-bond donors (Lipinski definition) is 1. The van der Waals surface area contributed by atoms with Gasteiger partial charge in [0.15, 0.2) is 0 Å². The Hall–Kier alpha value is -2.01. The summed E-state index contributed by atoms with van der Waals surface area (Å²) < 4.78 is 13.0. The molecule has 0 saturated heterocycles. The molecule has 2 aromatic rings. The first-order chi connectivity index (χ1) is 11.7. The molecule has 0 radical (unpaired) electrons. The molecule has 5 heteroatoms. The van der Waals surface area contributed by atoms with Gasteiger partial charge in [0.05, 0.1) is 25.1 Å². The van der Waals surface area contributed by atoms with Crippen LogP contribution in [0, 0.1) is 5.92 Å². The van der Waals surface area contributed by atoms with E-state index in [9.17, 15) is 0 Å². The first-order valence-electron chi connectivity index (χ1n) is 8.71. The zero-order valence-corrected chi connectivity index (χ0v) is 15.2. The van der Waals surface area contributed by atoms with E-state index in [0.29, 0.717) is 19.1 Å². The third kappa shape index (κ3) is 4.74. The zero-order chi connectivity index (χ0) is 17.4. The van der Waals surface area contributed by atoms with Crippen LogP contribution in [0.5, 0.6) is 5.75 Å². The Kier molecular flexibility index (Phi) is 7.12. The topological polar surface area (TPSA) is 48.3 Å². The number of methoxy groups -OCH3 is 1. The van der Waals surface area contributed by atoms with Gasteiger partial charge in [0, 0.05) is 25.8 Å². The van der Waals surface area contributed by atoms with Gasteiger partial charge in [-0.3, -0.25) is 0 Å². The quantitative estimate of drug-likeness (QED) is 0.713. The van der Waals surface area contributed by atoms with Crippen molar-refractivity contribution in [2.75, 3.05) is 32.2 Å². The van der Waals surface area contributed by atoms with E-state index in [1.165, 1.54) is 0 Å². The van der Waals surface area contributed by atoms with Gasteiger partial charge in [-0.2, -0.15) is 0 Å². The van der Waals surface area contributed by atoms with Crippen LogP contribution in [0.4, 0.5) is 5.95 Å². The molecule has 132 valence electrons. The van der Waals surface area contributed by atoms with Crippen LogP contribution >= 0.6 is 0 Å². The lowest BCUT2D eigenvalue weighted by Gasteiger charge is -2.15. The molecule has 2 rings (SSSR count).